The molecule has 0 saturated heterocycles. The van der Waals surface area contributed by atoms with Gasteiger partial charge in [-0.25, -0.2) is 4.98 Å². The predicted octanol–water partition coefficient (Wildman–Crippen LogP) is 3.84. The van der Waals surface area contributed by atoms with Crippen LogP contribution in [0.1, 0.15) is 36.7 Å². The van der Waals surface area contributed by atoms with Crippen molar-refractivity contribution in [3.63, 3.8) is 0 Å². The van der Waals surface area contributed by atoms with Crippen molar-refractivity contribution >= 4 is 40.9 Å². The number of tetrazole rings is 1. The zero-order valence-corrected chi connectivity index (χ0v) is 20.9. The highest BCUT2D eigenvalue weighted by Gasteiger charge is 2.19. The number of H-pyrrole nitrogens is 1. The van der Waals surface area contributed by atoms with E-state index in [2.05, 4.69) is 36.1 Å². The molecule has 1 atom stereocenters. The largest absolute Gasteiger partial charge is 0.399 e. The zero-order chi connectivity index (χ0) is 26.5. The average molecular weight is 530 g/mol. The Morgan fingerprint density at radius 1 is 1.21 bits per heavy atom. The molecule has 5 rings (SSSR count). The normalized spacial score (nSPS) is 15.7. The number of nitrogens with zero attached hydrogens (tertiary/aromatic N) is 5. The zero-order valence-electron chi connectivity index (χ0n) is 20.1. The lowest BCUT2D eigenvalue weighted by Crippen LogP contribution is -2.27. The fourth-order valence-corrected chi connectivity index (χ4v) is 4.27. The summed E-state index contributed by atoms with van der Waals surface area (Å²) >= 11 is 6.18. The van der Waals surface area contributed by atoms with Crippen molar-refractivity contribution in [2.75, 3.05) is 11.1 Å². The first-order valence-electron chi connectivity index (χ1n) is 11.9. The van der Waals surface area contributed by atoms with E-state index < -0.39 is 6.04 Å². The molecule has 11 nitrogen and oxygen atoms in total. The van der Waals surface area contributed by atoms with Crippen LogP contribution in [0, 0.1) is 0 Å². The number of rotatable bonds is 4. The van der Waals surface area contributed by atoms with Crippen molar-refractivity contribution in [1.82, 2.24) is 35.5 Å². The van der Waals surface area contributed by atoms with E-state index >= 15 is 0 Å². The lowest BCUT2D eigenvalue weighted by Gasteiger charge is -2.14. The number of carbonyl (C=O) groups excluding carboxylic acids is 2. The van der Waals surface area contributed by atoms with Crippen molar-refractivity contribution in [2.45, 2.75) is 25.3 Å². The van der Waals surface area contributed by atoms with Crippen LogP contribution in [0.4, 0.5) is 11.4 Å². The molecule has 4 aromatic rings. The number of aromatic amines is 1. The first-order chi connectivity index (χ1) is 18.5. The third-order valence-corrected chi connectivity index (χ3v) is 6.16. The van der Waals surface area contributed by atoms with Gasteiger partial charge in [0.2, 0.25) is 11.8 Å². The van der Waals surface area contributed by atoms with E-state index in [-0.39, 0.29) is 11.8 Å². The molecule has 2 amide bonds. The summed E-state index contributed by atoms with van der Waals surface area (Å²) in [4.78, 5) is 33.2. The van der Waals surface area contributed by atoms with Gasteiger partial charge in [-0.1, -0.05) is 23.8 Å². The molecule has 2 bridgehead atoms. The van der Waals surface area contributed by atoms with Gasteiger partial charge < -0.3 is 21.4 Å². The third-order valence-electron chi connectivity index (χ3n) is 5.93. The number of hydrogen-bond acceptors (Lipinski definition) is 7. The lowest BCUT2D eigenvalue weighted by atomic mass is 10.1. The number of nitrogen functional groups attached to an aromatic ring is 1. The summed E-state index contributed by atoms with van der Waals surface area (Å²) in [5.41, 5.74) is 9.87. The van der Waals surface area contributed by atoms with Gasteiger partial charge in [-0.05, 0) is 65.7 Å². The highest BCUT2D eigenvalue weighted by molar-refractivity contribution is 6.30. The number of nitrogens with one attached hydrogen (secondary N) is 3. The van der Waals surface area contributed by atoms with E-state index in [9.17, 15) is 9.59 Å². The maximum Gasteiger partial charge on any atom is 0.244 e. The van der Waals surface area contributed by atoms with Crippen LogP contribution in [0.2, 0.25) is 5.02 Å². The van der Waals surface area contributed by atoms with Gasteiger partial charge in [-0.2, -0.15) is 4.68 Å². The fourth-order valence-electron chi connectivity index (χ4n) is 4.09. The number of fused-ring (bicyclic) bond motifs is 4. The Balaban J connectivity index is 1.40. The smallest absolute Gasteiger partial charge is 0.244 e. The highest BCUT2D eigenvalue weighted by atomic mass is 35.5. The molecule has 2 aromatic heterocycles. The Morgan fingerprint density at radius 3 is 2.95 bits per heavy atom. The molecule has 1 aliphatic rings. The Hall–Kier alpha value is -4.77. The second-order valence-corrected chi connectivity index (χ2v) is 9.07. The van der Waals surface area contributed by atoms with Crippen molar-refractivity contribution in [1.29, 1.82) is 0 Å². The molecule has 2 aromatic carbocycles. The Kier molecular flexibility index (Phi) is 7.27. The van der Waals surface area contributed by atoms with Crippen LogP contribution in [0.25, 0.3) is 23.0 Å². The summed E-state index contributed by atoms with van der Waals surface area (Å²) in [7, 11) is 0. The molecule has 12 heteroatoms. The highest BCUT2D eigenvalue weighted by Crippen LogP contribution is 2.30. The van der Waals surface area contributed by atoms with Gasteiger partial charge in [0.1, 0.15) is 12.2 Å². The number of allylic oxidation sites excluding steroid dienone is 1. The molecule has 5 N–H and O–H groups in total. The van der Waals surface area contributed by atoms with E-state index in [1.165, 1.54) is 17.1 Å². The predicted molar refractivity (Wildman–Crippen MR) is 144 cm³/mol. The lowest BCUT2D eigenvalue weighted by molar-refractivity contribution is -0.117. The van der Waals surface area contributed by atoms with Crippen LogP contribution in [-0.4, -0.2) is 42.0 Å². The number of halogens is 1. The Bertz CT molecular complexity index is 1530. The van der Waals surface area contributed by atoms with E-state index in [1.807, 2.05) is 18.2 Å². The van der Waals surface area contributed by atoms with Crippen LogP contribution in [-0.2, 0) is 9.59 Å². The molecule has 0 fully saturated rings. The minimum Gasteiger partial charge on any atom is -0.399 e. The van der Waals surface area contributed by atoms with E-state index in [0.29, 0.717) is 58.4 Å². The number of hydrogen-bond donors (Lipinski definition) is 4. The second kappa shape index (κ2) is 11.1. The van der Waals surface area contributed by atoms with E-state index in [1.54, 1.807) is 42.6 Å². The number of anilines is 2. The van der Waals surface area contributed by atoms with Crippen LogP contribution in [0.3, 0.4) is 0 Å². The molecular formula is C26H24ClN9O2. The molecule has 192 valence electrons. The molecule has 0 unspecified atom stereocenters. The Labute approximate surface area is 222 Å². The molecule has 38 heavy (non-hydrogen) atoms. The summed E-state index contributed by atoms with van der Waals surface area (Å²) in [5.74, 6) is 0.146. The number of aromatic nitrogens is 6. The summed E-state index contributed by atoms with van der Waals surface area (Å²) < 4.78 is 1.49. The summed E-state index contributed by atoms with van der Waals surface area (Å²) in [5, 5.41) is 17.7. The first-order valence-corrected chi connectivity index (χ1v) is 12.3. The average Bonchev–Trinajstić information content (AvgIpc) is 3.59. The first kappa shape index (κ1) is 24.9. The van der Waals surface area contributed by atoms with Gasteiger partial charge in [0.05, 0.1) is 29.3 Å². The number of amides is 2. The SMILES string of the molecule is Nc1ccc2c(c1)NC(=O)CCC=CC[C@H](NC(=O)/C=C/c1cc(Cl)ccc1-n1cnnn1)c1ncc-2[nH]1. The van der Waals surface area contributed by atoms with Crippen LogP contribution >= 0.6 is 11.6 Å². The van der Waals surface area contributed by atoms with E-state index in [0.717, 1.165) is 5.56 Å². The van der Waals surface area contributed by atoms with Gasteiger partial charge in [0.15, 0.2) is 0 Å². The Morgan fingerprint density at radius 2 is 2.11 bits per heavy atom. The molecular weight excluding hydrogens is 506 g/mol. The van der Waals surface area contributed by atoms with Crippen molar-refractivity contribution in [3.05, 3.63) is 83.6 Å². The van der Waals surface area contributed by atoms with Crippen LogP contribution in [0.5, 0.6) is 0 Å². The monoisotopic (exact) mass is 529 g/mol. The fraction of sp³-hybridized carbons (Fsp3) is 0.154. The second-order valence-electron chi connectivity index (χ2n) is 8.63. The number of carbonyl (C=O) groups is 2. The van der Waals surface area contributed by atoms with Crippen molar-refractivity contribution in [2.24, 2.45) is 0 Å². The van der Waals surface area contributed by atoms with Gasteiger partial charge in [0, 0.05) is 34.3 Å². The number of imidazole rings is 1. The molecule has 0 aliphatic carbocycles. The molecule has 1 aliphatic heterocycles. The van der Waals surface area contributed by atoms with Gasteiger partial charge in [-0.3, -0.25) is 9.59 Å². The van der Waals surface area contributed by atoms with Gasteiger partial charge in [0.25, 0.3) is 0 Å². The summed E-state index contributed by atoms with van der Waals surface area (Å²) in [6, 6.07) is 10.1. The maximum absolute atomic E-state index is 13.0. The van der Waals surface area contributed by atoms with E-state index in [4.69, 9.17) is 17.3 Å². The topological polar surface area (TPSA) is 156 Å². The van der Waals surface area contributed by atoms with Crippen molar-refractivity contribution in [3.8, 4) is 16.9 Å². The maximum atomic E-state index is 13.0. The molecule has 0 spiro atoms. The number of benzene rings is 2. The van der Waals surface area contributed by atoms with Crippen LogP contribution in [0.15, 0.2) is 67.2 Å². The van der Waals surface area contributed by atoms with Crippen molar-refractivity contribution < 1.29 is 9.59 Å². The summed E-state index contributed by atoms with van der Waals surface area (Å²) in [6.45, 7) is 0. The third kappa shape index (κ3) is 5.79. The standard InChI is InChI=1S/C26H24ClN9O2/c27-17-7-10-23(36-15-30-34-35-36)16(12-17)6-11-25(38)31-20-4-2-1-3-5-24(37)32-21-13-18(28)8-9-19(21)22-14-29-26(20)33-22/h1-2,6-15,20H,3-5,28H2,(H,29,33)(H,31,38)(H,32,37)/b2-1?,11-6+/t20-/m0/s1. The minimum absolute atomic E-state index is 0.113. The molecule has 3 heterocycles. The summed E-state index contributed by atoms with van der Waals surface area (Å²) in [6.07, 6.45) is 11.4. The number of nitrogens with two attached hydrogens (primary N) is 1. The molecule has 0 saturated carbocycles. The van der Waals surface area contributed by atoms with Crippen LogP contribution < -0.4 is 16.4 Å². The van der Waals surface area contributed by atoms with Gasteiger partial charge in [-0.15, -0.1) is 5.10 Å². The van der Waals surface area contributed by atoms with Gasteiger partial charge >= 0.3 is 0 Å². The molecule has 0 radical (unpaired) electrons. The quantitative estimate of drug-likeness (QED) is 0.178. The minimum atomic E-state index is -0.433.